The summed E-state index contributed by atoms with van der Waals surface area (Å²) in [6.07, 6.45) is 2.73. The van der Waals surface area contributed by atoms with Crippen LogP contribution in [0.25, 0.3) is 0 Å². The number of aromatic nitrogens is 2. The molecule has 0 saturated carbocycles. The lowest BCUT2D eigenvalue weighted by Gasteiger charge is -2.32. The monoisotopic (exact) mass is 490 g/mol. The van der Waals surface area contributed by atoms with E-state index in [0.717, 1.165) is 11.3 Å². The molecule has 2 aliphatic heterocycles. The van der Waals surface area contributed by atoms with Crippen molar-refractivity contribution in [3.05, 3.63) is 89.3 Å². The highest BCUT2D eigenvalue weighted by atomic mass is 19.1. The summed E-state index contributed by atoms with van der Waals surface area (Å²) in [4.78, 5) is 32.1. The van der Waals surface area contributed by atoms with Crippen LogP contribution in [0.15, 0.2) is 60.9 Å². The van der Waals surface area contributed by atoms with Gasteiger partial charge in [0.05, 0.1) is 25.2 Å². The molecule has 0 spiro atoms. The van der Waals surface area contributed by atoms with Gasteiger partial charge in [-0.3, -0.25) is 9.59 Å². The van der Waals surface area contributed by atoms with Crippen molar-refractivity contribution in [3.8, 4) is 0 Å². The number of likely N-dealkylation sites (tertiary alicyclic amines) is 1. The average Bonchev–Trinajstić information content (AvgIpc) is 3.35. The van der Waals surface area contributed by atoms with Crippen LogP contribution in [0.5, 0.6) is 0 Å². The van der Waals surface area contributed by atoms with E-state index in [2.05, 4.69) is 29.4 Å². The molecule has 0 radical (unpaired) electrons. The molecule has 0 aliphatic carbocycles. The smallest absolute Gasteiger partial charge is 0.274 e. The molecule has 3 heterocycles. The third-order valence-electron chi connectivity index (χ3n) is 7.28. The number of halogens is 1. The number of piperidine rings is 1. The van der Waals surface area contributed by atoms with Gasteiger partial charge in [-0.2, -0.15) is 0 Å². The number of fused-ring (bicyclic) bond motifs is 1. The number of carbonyl (C=O) groups is 2. The Hall–Kier alpha value is -3.52. The molecule has 8 heteroatoms. The van der Waals surface area contributed by atoms with Crippen LogP contribution in [0.3, 0.4) is 0 Å². The highest BCUT2D eigenvalue weighted by Crippen LogP contribution is 2.29. The summed E-state index contributed by atoms with van der Waals surface area (Å²) in [5, 5.41) is 3.09. The van der Waals surface area contributed by atoms with Gasteiger partial charge in [-0.1, -0.05) is 49.4 Å². The van der Waals surface area contributed by atoms with Crippen molar-refractivity contribution >= 4 is 11.8 Å². The van der Waals surface area contributed by atoms with Gasteiger partial charge in [-0.15, -0.1) is 0 Å². The van der Waals surface area contributed by atoms with Crippen LogP contribution in [-0.2, 0) is 22.7 Å². The molecule has 1 aromatic heterocycles. The molecular weight excluding hydrogens is 459 g/mol. The van der Waals surface area contributed by atoms with E-state index >= 15 is 0 Å². The molecule has 0 unspecified atom stereocenters. The Morgan fingerprint density at radius 2 is 1.83 bits per heavy atom. The Labute approximate surface area is 210 Å². The number of hydrogen-bond acceptors (Lipinski definition) is 4. The summed E-state index contributed by atoms with van der Waals surface area (Å²) in [7, 11) is 0. The molecule has 0 bridgehead atoms. The van der Waals surface area contributed by atoms with Crippen LogP contribution in [0.1, 0.15) is 59.1 Å². The first kappa shape index (κ1) is 24.2. The zero-order chi connectivity index (χ0) is 25.1. The van der Waals surface area contributed by atoms with E-state index in [1.54, 1.807) is 23.4 Å². The number of nitrogens with zero attached hydrogens (tertiary/aromatic N) is 3. The number of imidazole rings is 1. The predicted molar refractivity (Wildman–Crippen MR) is 133 cm³/mol. The molecule has 2 amide bonds. The van der Waals surface area contributed by atoms with E-state index in [4.69, 9.17) is 4.74 Å². The van der Waals surface area contributed by atoms with Crippen molar-refractivity contribution in [1.82, 2.24) is 19.8 Å². The van der Waals surface area contributed by atoms with Gasteiger partial charge < -0.3 is 19.5 Å². The Morgan fingerprint density at radius 3 is 2.56 bits per heavy atom. The number of benzene rings is 2. The summed E-state index contributed by atoms with van der Waals surface area (Å²) >= 11 is 0. The van der Waals surface area contributed by atoms with Gasteiger partial charge in [0.2, 0.25) is 5.91 Å². The number of ether oxygens (including phenoxy) is 1. The first-order valence-electron chi connectivity index (χ1n) is 12.5. The average molecular weight is 491 g/mol. The molecule has 2 aliphatic rings. The minimum absolute atomic E-state index is 0.0597. The minimum atomic E-state index is -0.284. The van der Waals surface area contributed by atoms with E-state index in [9.17, 15) is 14.0 Å². The van der Waals surface area contributed by atoms with Crippen molar-refractivity contribution in [1.29, 1.82) is 0 Å². The summed E-state index contributed by atoms with van der Waals surface area (Å²) in [6.45, 7) is 4.54. The minimum Gasteiger partial charge on any atom is -0.365 e. The molecule has 1 N–H and O–H groups in total. The fourth-order valence-electron chi connectivity index (χ4n) is 4.98. The Bertz CT molecular complexity index is 1200. The lowest BCUT2D eigenvalue weighted by Crippen LogP contribution is -2.44. The van der Waals surface area contributed by atoms with Crippen LogP contribution in [0.2, 0.25) is 0 Å². The fraction of sp³-hybridized carbons (Fsp3) is 0.393. The topological polar surface area (TPSA) is 76.5 Å². The Kier molecular flexibility index (Phi) is 7.13. The SMILES string of the molecule is C[C@@H](CNC(=O)C1CCN(C(=O)c2ncn3c2CO[C@@H](c2ccc(F)cc2)C3)CC1)c1ccccc1. The van der Waals surface area contributed by atoms with Crippen molar-refractivity contribution in [3.63, 3.8) is 0 Å². The fourth-order valence-corrected chi connectivity index (χ4v) is 4.98. The van der Waals surface area contributed by atoms with Crippen molar-refractivity contribution in [2.75, 3.05) is 19.6 Å². The van der Waals surface area contributed by atoms with Crippen LogP contribution in [-0.4, -0.2) is 45.9 Å². The van der Waals surface area contributed by atoms with Gasteiger partial charge in [0.25, 0.3) is 5.91 Å². The van der Waals surface area contributed by atoms with Gasteiger partial charge in [0, 0.05) is 25.6 Å². The third-order valence-corrected chi connectivity index (χ3v) is 7.28. The molecule has 3 aromatic rings. The maximum Gasteiger partial charge on any atom is 0.274 e. The van der Waals surface area contributed by atoms with Gasteiger partial charge >= 0.3 is 0 Å². The zero-order valence-corrected chi connectivity index (χ0v) is 20.4. The van der Waals surface area contributed by atoms with Crippen LogP contribution >= 0.6 is 0 Å². The number of rotatable bonds is 6. The first-order valence-corrected chi connectivity index (χ1v) is 12.5. The number of carbonyl (C=O) groups excluding carboxylic acids is 2. The molecule has 2 atom stereocenters. The van der Waals surface area contributed by atoms with Crippen molar-refractivity contribution in [2.45, 2.75) is 44.9 Å². The van der Waals surface area contributed by atoms with E-state index in [-0.39, 0.29) is 42.2 Å². The lowest BCUT2D eigenvalue weighted by molar-refractivity contribution is -0.126. The molecule has 5 rings (SSSR count). The van der Waals surface area contributed by atoms with E-state index in [1.807, 2.05) is 22.8 Å². The maximum atomic E-state index is 13.2. The molecule has 36 heavy (non-hydrogen) atoms. The van der Waals surface area contributed by atoms with Crippen LogP contribution in [0, 0.1) is 11.7 Å². The second-order valence-corrected chi connectivity index (χ2v) is 9.67. The standard InChI is InChI=1S/C28H31FN4O3/c1-19(20-5-3-2-4-6-20)15-30-27(34)22-11-13-32(14-12-22)28(35)26-24-17-36-25(16-33(24)18-31-26)21-7-9-23(29)10-8-21/h2-10,18-19,22,25H,11-17H2,1H3,(H,30,34)/t19-,25+/m0/s1. The molecule has 7 nitrogen and oxygen atoms in total. The predicted octanol–water partition coefficient (Wildman–Crippen LogP) is 4.07. The maximum absolute atomic E-state index is 13.2. The first-order chi connectivity index (χ1) is 17.5. The number of amides is 2. The second-order valence-electron chi connectivity index (χ2n) is 9.67. The number of hydrogen-bond donors (Lipinski definition) is 1. The molecule has 1 saturated heterocycles. The Balaban J connectivity index is 1.13. The normalized spacial score (nSPS) is 18.9. The largest absolute Gasteiger partial charge is 0.365 e. The summed E-state index contributed by atoms with van der Waals surface area (Å²) in [5.74, 6) is -0.191. The molecule has 188 valence electrons. The Morgan fingerprint density at radius 1 is 1.11 bits per heavy atom. The van der Waals surface area contributed by atoms with Gasteiger partial charge in [0.15, 0.2) is 5.69 Å². The zero-order valence-electron chi connectivity index (χ0n) is 20.4. The summed E-state index contributed by atoms with van der Waals surface area (Å²) in [6, 6.07) is 16.4. The summed E-state index contributed by atoms with van der Waals surface area (Å²) in [5.41, 5.74) is 3.26. The third kappa shape index (κ3) is 5.18. The number of nitrogens with one attached hydrogen (secondary N) is 1. The highest BCUT2D eigenvalue weighted by Gasteiger charge is 2.32. The second kappa shape index (κ2) is 10.6. The van der Waals surface area contributed by atoms with E-state index in [1.165, 1.54) is 17.7 Å². The van der Waals surface area contributed by atoms with E-state index in [0.29, 0.717) is 44.7 Å². The molecule has 1 fully saturated rings. The lowest BCUT2D eigenvalue weighted by atomic mass is 9.95. The highest BCUT2D eigenvalue weighted by molar-refractivity contribution is 5.93. The van der Waals surface area contributed by atoms with Crippen molar-refractivity contribution < 1.29 is 18.7 Å². The quantitative estimate of drug-likeness (QED) is 0.565. The van der Waals surface area contributed by atoms with Gasteiger partial charge in [-0.25, -0.2) is 9.37 Å². The van der Waals surface area contributed by atoms with Crippen LogP contribution in [0.4, 0.5) is 4.39 Å². The van der Waals surface area contributed by atoms with Crippen molar-refractivity contribution in [2.24, 2.45) is 5.92 Å². The molecular formula is C28H31FN4O3. The van der Waals surface area contributed by atoms with E-state index < -0.39 is 0 Å². The molecule has 2 aromatic carbocycles. The van der Waals surface area contributed by atoms with Crippen LogP contribution < -0.4 is 5.32 Å². The summed E-state index contributed by atoms with van der Waals surface area (Å²) < 4.78 is 21.2. The van der Waals surface area contributed by atoms with Gasteiger partial charge in [-0.05, 0) is 42.0 Å². The van der Waals surface area contributed by atoms with Gasteiger partial charge in [0.1, 0.15) is 11.9 Å².